The number of nitrogens with one attached hydrogen (secondary N) is 2. The summed E-state index contributed by atoms with van der Waals surface area (Å²) in [6.45, 7) is 3.66. The quantitative estimate of drug-likeness (QED) is 0.336. The molecule has 11 heteroatoms. The predicted molar refractivity (Wildman–Crippen MR) is 141 cm³/mol. The number of carbonyl (C=O) groups excluding carboxylic acids is 2. The third kappa shape index (κ3) is 7.47. The first-order chi connectivity index (χ1) is 17.6. The molecule has 0 aliphatic heterocycles. The summed E-state index contributed by atoms with van der Waals surface area (Å²) in [6.07, 6.45) is 0.910. The summed E-state index contributed by atoms with van der Waals surface area (Å²) >= 11 is 12.2. The van der Waals surface area contributed by atoms with E-state index in [9.17, 15) is 18.8 Å². The van der Waals surface area contributed by atoms with Gasteiger partial charge in [-0.15, -0.1) is 0 Å². The van der Waals surface area contributed by atoms with Crippen molar-refractivity contribution in [1.29, 1.82) is 0 Å². The maximum absolute atomic E-state index is 13.5. The van der Waals surface area contributed by atoms with Crippen LogP contribution < -0.4 is 26.8 Å². The van der Waals surface area contributed by atoms with Gasteiger partial charge in [0.15, 0.2) is 6.10 Å². The summed E-state index contributed by atoms with van der Waals surface area (Å²) in [4.78, 5) is 37.4. The number of primary amides is 1. The molecule has 0 spiro atoms. The SMILES string of the molecule is CCC(Oc1ccc(Cl)cc1CNC(=O)Cc1c(C)ccn(NCc2cc(F)ccc2Cl)c1=O)C(N)=O. The molecule has 0 radical (unpaired) electrons. The molecule has 0 aliphatic carbocycles. The van der Waals surface area contributed by atoms with E-state index in [-0.39, 0.29) is 19.5 Å². The Hall–Kier alpha value is -3.56. The van der Waals surface area contributed by atoms with E-state index in [1.807, 2.05) is 0 Å². The minimum Gasteiger partial charge on any atom is -0.480 e. The zero-order chi connectivity index (χ0) is 27.1. The number of pyridine rings is 1. The van der Waals surface area contributed by atoms with Crippen LogP contribution in [0.25, 0.3) is 0 Å². The number of hydrogen-bond donors (Lipinski definition) is 3. The van der Waals surface area contributed by atoms with Gasteiger partial charge in [0, 0.05) is 33.9 Å². The number of benzene rings is 2. The lowest BCUT2D eigenvalue weighted by molar-refractivity contribution is -0.125. The summed E-state index contributed by atoms with van der Waals surface area (Å²) in [5, 5.41) is 3.55. The Morgan fingerprint density at radius 2 is 1.86 bits per heavy atom. The summed E-state index contributed by atoms with van der Waals surface area (Å²) in [5.41, 5.74) is 9.82. The first-order valence-electron chi connectivity index (χ1n) is 11.5. The van der Waals surface area contributed by atoms with Gasteiger partial charge in [-0.05, 0) is 66.9 Å². The van der Waals surface area contributed by atoms with Crippen LogP contribution >= 0.6 is 23.2 Å². The summed E-state index contributed by atoms with van der Waals surface area (Å²) < 4.78 is 20.5. The maximum Gasteiger partial charge on any atom is 0.272 e. The van der Waals surface area contributed by atoms with Gasteiger partial charge in [-0.1, -0.05) is 30.1 Å². The topological polar surface area (TPSA) is 115 Å². The Balaban J connectivity index is 1.70. The third-order valence-electron chi connectivity index (χ3n) is 5.67. The van der Waals surface area contributed by atoms with Crippen molar-refractivity contribution >= 4 is 35.0 Å². The molecule has 1 unspecified atom stereocenters. The molecule has 4 N–H and O–H groups in total. The number of aromatic nitrogens is 1. The third-order valence-corrected chi connectivity index (χ3v) is 6.27. The zero-order valence-corrected chi connectivity index (χ0v) is 21.8. The Kier molecular flexibility index (Phi) is 9.54. The first kappa shape index (κ1) is 28.0. The molecule has 3 aromatic rings. The molecular formula is C26H27Cl2FN4O4. The van der Waals surface area contributed by atoms with E-state index in [1.165, 1.54) is 29.1 Å². The van der Waals surface area contributed by atoms with Crippen LogP contribution in [0.5, 0.6) is 5.75 Å². The van der Waals surface area contributed by atoms with Gasteiger partial charge < -0.3 is 21.2 Å². The molecule has 1 heterocycles. The molecule has 3 rings (SSSR count). The zero-order valence-electron chi connectivity index (χ0n) is 20.3. The van der Waals surface area contributed by atoms with Crippen molar-refractivity contribution in [3.05, 3.63) is 97.1 Å². The number of hydrogen-bond acceptors (Lipinski definition) is 5. The Morgan fingerprint density at radius 3 is 2.57 bits per heavy atom. The number of ether oxygens (including phenoxy) is 1. The van der Waals surface area contributed by atoms with E-state index < -0.39 is 29.3 Å². The van der Waals surface area contributed by atoms with Crippen molar-refractivity contribution in [2.24, 2.45) is 5.73 Å². The lowest BCUT2D eigenvalue weighted by atomic mass is 10.1. The molecular weight excluding hydrogens is 522 g/mol. The minimum atomic E-state index is -0.823. The maximum atomic E-state index is 13.5. The summed E-state index contributed by atoms with van der Waals surface area (Å²) in [5.74, 6) is -1.08. The van der Waals surface area contributed by atoms with Crippen LogP contribution in [0.1, 0.15) is 35.6 Å². The number of halogens is 3. The van der Waals surface area contributed by atoms with Gasteiger partial charge in [0.2, 0.25) is 5.91 Å². The van der Waals surface area contributed by atoms with Crippen LogP contribution in [0.15, 0.2) is 53.5 Å². The van der Waals surface area contributed by atoms with Crippen LogP contribution in [-0.4, -0.2) is 22.6 Å². The van der Waals surface area contributed by atoms with E-state index in [2.05, 4.69) is 10.7 Å². The molecule has 2 aromatic carbocycles. The standard InChI is InChI=1S/C26H27Cl2FN4O4/c1-3-22(25(30)35)37-23-7-4-18(27)10-17(23)13-31-24(34)12-20-15(2)8-9-33(26(20)36)32-14-16-11-19(29)5-6-21(16)28/h4-11,22,32H,3,12-14H2,1-2H3,(H2,30,35)(H,31,34). The fourth-order valence-corrected chi connectivity index (χ4v) is 3.95. The number of rotatable bonds is 11. The van der Waals surface area contributed by atoms with E-state index >= 15 is 0 Å². The molecule has 37 heavy (non-hydrogen) atoms. The number of aryl methyl sites for hydroxylation is 1. The average Bonchev–Trinajstić information content (AvgIpc) is 2.85. The highest BCUT2D eigenvalue weighted by Crippen LogP contribution is 2.24. The van der Waals surface area contributed by atoms with Crippen molar-refractivity contribution in [3.8, 4) is 5.75 Å². The molecule has 0 fully saturated rings. The second kappa shape index (κ2) is 12.6. The molecule has 0 saturated carbocycles. The Morgan fingerprint density at radius 1 is 1.11 bits per heavy atom. The number of amides is 2. The van der Waals surface area contributed by atoms with Crippen molar-refractivity contribution in [2.75, 3.05) is 5.43 Å². The second-order valence-corrected chi connectivity index (χ2v) is 9.19. The molecule has 196 valence electrons. The van der Waals surface area contributed by atoms with Gasteiger partial charge in [0.25, 0.3) is 11.5 Å². The van der Waals surface area contributed by atoms with E-state index in [0.717, 1.165) is 0 Å². The van der Waals surface area contributed by atoms with Gasteiger partial charge in [0.05, 0.1) is 13.0 Å². The molecule has 0 saturated heterocycles. The fraction of sp³-hybridized carbons (Fsp3) is 0.269. The van der Waals surface area contributed by atoms with Crippen LogP contribution in [0.4, 0.5) is 4.39 Å². The fourth-order valence-electron chi connectivity index (χ4n) is 3.57. The summed E-state index contributed by atoms with van der Waals surface area (Å²) in [7, 11) is 0. The van der Waals surface area contributed by atoms with Gasteiger partial charge in [-0.2, -0.15) is 0 Å². The van der Waals surface area contributed by atoms with Crippen LogP contribution in [0.3, 0.4) is 0 Å². The molecule has 8 nitrogen and oxygen atoms in total. The van der Waals surface area contributed by atoms with Crippen LogP contribution in [0.2, 0.25) is 10.0 Å². The minimum absolute atomic E-state index is 0.0559. The molecule has 0 bridgehead atoms. The number of carbonyl (C=O) groups is 2. The average molecular weight is 549 g/mol. The van der Waals surface area contributed by atoms with Crippen molar-refractivity contribution in [2.45, 2.75) is 45.9 Å². The lowest BCUT2D eigenvalue weighted by Crippen LogP contribution is -2.35. The van der Waals surface area contributed by atoms with Crippen LogP contribution in [0, 0.1) is 12.7 Å². The highest BCUT2D eigenvalue weighted by atomic mass is 35.5. The van der Waals surface area contributed by atoms with Crippen molar-refractivity contribution < 1.29 is 18.7 Å². The lowest BCUT2D eigenvalue weighted by Gasteiger charge is -2.18. The van der Waals surface area contributed by atoms with Gasteiger partial charge in [-0.3, -0.25) is 14.4 Å². The molecule has 1 aromatic heterocycles. The van der Waals surface area contributed by atoms with E-state index in [0.29, 0.717) is 44.5 Å². The smallest absolute Gasteiger partial charge is 0.272 e. The van der Waals surface area contributed by atoms with Gasteiger partial charge in [-0.25, -0.2) is 9.07 Å². The van der Waals surface area contributed by atoms with Crippen molar-refractivity contribution in [1.82, 2.24) is 9.99 Å². The van der Waals surface area contributed by atoms with Crippen molar-refractivity contribution in [3.63, 3.8) is 0 Å². The molecule has 1 atom stereocenters. The monoisotopic (exact) mass is 548 g/mol. The molecule has 0 aliphatic rings. The van der Waals surface area contributed by atoms with Gasteiger partial charge in [0.1, 0.15) is 11.6 Å². The highest BCUT2D eigenvalue weighted by Gasteiger charge is 2.18. The van der Waals surface area contributed by atoms with Gasteiger partial charge >= 0.3 is 0 Å². The number of nitrogens with two attached hydrogens (primary N) is 1. The first-order valence-corrected chi connectivity index (χ1v) is 12.2. The molecule has 2 amide bonds. The Labute approximate surface area is 223 Å². The van der Waals surface area contributed by atoms with E-state index in [4.69, 9.17) is 33.7 Å². The van der Waals surface area contributed by atoms with E-state index in [1.54, 1.807) is 38.1 Å². The Bertz CT molecular complexity index is 1360. The predicted octanol–water partition coefficient (Wildman–Crippen LogP) is 3.85. The normalized spacial score (nSPS) is 11.6. The highest BCUT2D eigenvalue weighted by molar-refractivity contribution is 6.31. The van der Waals surface area contributed by atoms with Crippen LogP contribution in [-0.2, 0) is 29.1 Å². The summed E-state index contributed by atoms with van der Waals surface area (Å²) in [6, 6.07) is 10.5. The largest absolute Gasteiger partial charge is 0.480 e. The second-order valence-electron chi connectivity index (χ2n) is 8.35. The number of nitrogens with zero attached hydrogens (tertiary/aromatic N) is 1.